The van der Waals surface area contributed by atoms with Gasteiger partial charge < -0.3 is 4.98 Å². The molecule has 6 nitrogen and oxygen atoms in total. The number of halogens is 1. The number of hydrogen-bond donors (Lipinski definition) is 1. The summed E-state index contributed by atoms with van der Waals surface area (Å²) in [5, 5.41) is -0.194. The number of fused-ring (bicyclic) bond motifs is 1. The first-order valence-electron chi connectivity index (χ1n) is 4.42. The average Bonchev–Trinajstić information content (AvgIpc) is 2.27. The van der Waals surface area contributed by atoms with Gasteiger partial charge in [0.15, 0.2) is 0 Å². The third-order valence-corrected chi connectivity index (χ3v) is 2.72. The van der Waals surface area contributed by atoms with E-state index in [0.29, 0.717) is 0 Å². The molecule has 7 heteroatoms. The third-order valence-electron chi connectivity index (χ3n) is 2.44. The van der Waals surface area contributed by atoms with Crippen LogP contribution in [0.1, 0.15) is 0 Å². The summed E-state index contributed by atoms with van der Waals surface area (Å²) in [6, 6.07) is 0. The van der Waals surface area contributed by atoms with Gasteiger partial charge in [0.05, 0.1) is 0 Å². The van der Waals surface area contributed by atoms with Crippen LogP contribution in [0.4, 0.5) is 0 Å². The molecule has 16 heavy (non-hydrogen) atoms. The van der Waals surface area contributed by atoms with Crippen molar-refractivity contribution >= 4 is 22.6 Å². The second-order valence-electron chi connectivity index (χ2n) is 3.40. The van der Waals surface area contributed by atoms with Crippen molar-refractivity contribution in [3.63, 3.8) is 0 Å². The van der Waals surface area contributed by atoms with E-state index in [0.717, 1.165) is 4.57 Å². The Morgan fingerprint density at radius 2 is 1.81 bits per heavy atom. The molecule has 0 amide bonds. The van der Waals surface area contributed by atoms with Gasteiger partial charge in [-0.05, 0) is 0 Å². The predicted octanol–water partition coefficient (Wildman–Crippen LogP) is -0.421. The van der Waals surface area contributed by atoms with Crippen molar-refractivity contribution in [1.29, 1.82) is 0 Å². The van der Waals surface area contributed by atoms with Crippen LogP contribution in [0.5, 0.6) is 0 Å². The molecule has 0 radical (unpaired) electrons. The highest BCUT2D eigenvalue weighted by atomic mass is 35.5. The number of H-pyrrole nitrogens is 1. The monoisotopic (exact) mass is 241 g/mol. The van der Waals surface area contributed by atoms with Crippen LogP contribution in [0.15, 0.2) is 20.6 Å². The maximum Gasteiger partial charge on any atom is 0.332 e. The molecule has 2 heterocycles. The highest BCUT2D eigenvalue weighted by Gasteiger charge is 2.13. The molecule has 0 saturated carbocycles. The maximum atomic E-state index is 11.7. The molecule has 0 spiro atoms. The van der Waals surface area contributed by atoms with Gasteiger partial charge in [0.2, 0.25) is 5.43 Å². The van der Waals surface area contributed by atoms with Crippen LogP contribution >= 0.6 is 11.6 Å². The Balaban J connectivity index is 3.30. The Labute approximate surface area is 93.7 Å². The second-order valence-corrected chi connectivity index (χ2v) is 3.80. The molecule has 0 aliphatic rings. The largest absolute Gasteiger partial charge is 0.346 e. The molecular formula is C9H8ClN3O3. The Morgan fingerprint density at radius 1 is 1.19 bits per heavy atom. The lowest BCUT2D eigenvalue weighted by Gasteiger charge is -2.06. The van der Waals surface area contributed by atoms with E-state index in [1.54, 1.807) is 0 Å². The molecule has 0 bridgehead atoms. The smallest absolute Gasteiger partial charge is 0.332 e. The quantitative estimate of drug-likeness (QED) is 0.681. The molecule has 0 unspecified atom stereocenters. The van der Waals surface area contributed by atoms with Crippen LogP contribution in [0, 0.1) is 0 Å². The van der Waals surface area contributed by atoms with Crippen LogP contribution in [-0.2, 0) is 14.1 Å². The van der Waals surface area contributed by atoms with E-state index in [1.165, 1.54) is 24.9 Å². The van der Waals surface area contributed by atoms with Crippen LogP contribution in [0.2, 0.25) is 5.02 Å². The van der Waals surface area contributed by atoms with Gasteiger partial charge in [-0.25, -0.2) is 4.79 Å². The normalized spacial score (nSPS) is 10.9. The van der Waals surface area contributed by atoms with E-state index in [1.807, 2.05) is 0 Å². The van der Waals surface area contributed by atoms with Gasteiger partial charge in [-0.3, -0.25) is 18.7 Å². The summed E-state index contributed by atoms with van der Waals surface area (Å²) in [4.78, 5) is 37.7. The summed E-state index contributed by atoms with van der Waals surface area (Å²) < 4.78 is 2.06. The van der Waals surface area contributed by atoms with Gasteiger partial charge in [0.25, 0.3) is 5.56 Å². The molecule has 84 valence electrons. The highest BCUT2D eigenvalue weighted by molar-refractivity contribution is 6.30. The Hall–Kier alpha value is -1.82. The van der Waals surface area contributed by atoms with Crippen LogP contribution < -0.4 is 16.7 Å². The number of nitrogens with zero attached hydrogens (tertiary/aromatic N) is 2. The van der Waals surface area contributed by atoms with Gasteiger partial charge in [-0.2, -0.15) is 0 Å². The molecule has 2 aromatic heterocycles. The number of nitrogens with one attached hydrogen (secondary N) is 1. The zero-order valence-electron chi connectivity index (χ0n) is 8.57. The second kappa shape index (κ2) is 3.34. The van der Waals surface area contributed by atoms with E-state index in [9.17, 15) is 14.4 Å². The molecule has 1 N–H and O–H groups in total. The number of aromatic amines is 1. The lowest BCUT2D eigenvalue weighted by Crippen LogP contribution is -2.39. The first kappa shape index (κ1) is 10.7. The first-order chi connectivity index (χ1) is 7.45. The number of hydrogen-bond acceptors (Lipinski definition) is 3. The van der Waals surface area contributed by atoms with Crippen molar-refractivity contribution in [3.05, 3.63) is 42.3 Å². The van der Waals surface area contributed by atoms with Crippen molar-refractivity contribution in [2.24, 2.45) is 14.1 Å². The molecule has 0 aliphatic carbocycles. The molecule has 0 aliphatic heterocycles. The van der Waals surface area contributed by atoms with Gasteiger partial charge in [0.1, 0.15) is 16.1 Å². The fraction of sp³-hybridized carbons (Fsp3) is 0.222. The Kier molecular flexibility index (Phi) is 2.23. The summed E-state index contributed by atoms with van der Waals surface area (Å²) >= 11 is 5.62. The standard InChI is InChI=1S/C9H8ClN3O3/c1-12-7-5(6(14)4(10)3-11-7)8(15)13(2)9(12)16/h3H,1-2H3,(H,11,14). The van der Waals surface area contributed by atoms with Crippen molar-refractivity contribution in [2.45, 2.75) is 0 Å². The van der Waals surface area contributed by atoms with Gasteiger partial charge in [-0.15, -0.1) is 0 Å². The first-order valence-corrected chi connectivity index (χ1v) is 4.80. The molecule has 0 fully saturated rings. The summed E-state index contributed by atoms with van der Waals surface area (Å²) in [6.07, 6.45) is 1.26. The minimum Gasteiger partial charge on any atom is -0.346 e. The van der Waals surface area contributed by atoms with Crippen molar-refractivity contribution in [3.8, 4) is 0 Å². The van der Waals surface area contributed by atoms with E-state index < -0.39 is 16.7 Å². The molecule has 0 atom stereocenters. The summed E-state index contributed by atoms with van der Waals surface area (Å²) in [5.74, 6) is 0. The predicted molar refractivity (Wildman–Crippen MR) is 60.1 cm³/mol. The SMILES string of the molecule is Cn1c(=O)c2c(=O)c(Cl)c[nH]c2n(C)c1=O. The third kappa shape index (κ3) is 1.23. The lowest BCUT2D eigenvalue weighted by atomic mass is 10.3. The van der Waals surface area contributed by atoms with E-state index in [4.69, 9.17) is 11.6 Å². The summed E-state index contributed by atoms with van der Waals surface area (Å²) in [5.41, 5.74) is -1.56. The van der Waals surface area contributed by atoms with E-state index >= 15 is 0 Å². The van der Waals surface area contributed by atoms with Crippen molar-refractivity contribution < 1.29 is 0 Å². The summed E-state index contributed by atoms with van der Waals surface area (Å²) in [7, 11) is 2.78. The molecular weight excluding hydrogens is 234 g/mol. The van der Waals surface area contributed by atoms with E-state index in [2.05, 4.69) is 4.98 Å². The van der Waals surface area contributed by atoms with Crippen molar-refractivity contribution in [1.82, 2.24) is 14.1 Å². The fourth-order valence-electron chi connectivity index (χ4n) is 1.53. The summed E-state index contributed by atoms with van der Waals surface area (Å²) in [6.45, 7) is 0. The number of rotatable bonds is 0. The Bertz CT molecular complexity index is 753. The minimum atomic E-state index is -0.651. The fourth-order valence-corrected chi connectivity index (χ4v) is 1.68. The number of aromatic nitrogens is 3. The van der Waals surface area contributed by atoms with Crippen LogP contribution in [0.3, 0.4) is 0 Å². The number of aryl methyl sites for hydroxylation is 1. The molecule has 0 aromatic carbocycles. The Morgan fingerprint density at radius 3 is 2.44 bits per heavy atom. The zero-order valence-corrected chi connectivity index (χ0v) is 9.33. The van der Waals surface area contributed by atoms with Gasteiger partial charge in [0, 0.05) is 20.3 Å². The van der Waals surface area contributed by atoms with Crippen molar-refractivity contribution in [2.75, 3.05) is 0 Å². The van der Waals surface area contributed by atoms with Gasteiger partial charge in [-0.1, -0.05) is 11.6 Å². The maximum absolute atomic E-state index is 11.7. The highest BCUT2D eigenvalue weighted by Crippen LogP contribution is 2.04. The molecule has 2 rings (SSSR count). The van der Waals surface area contributed by atoms with Crippen LogP contribution in [-0.4, -0.2) is 14.1 Å². The van der Waals surface area contributed by atoms with Crippen LogP contribution in [0.25, 0.3) is 11.0 Å². The molecule has 0 saturated heterocycles. The topological polar surface area (TPSA) is 76.9 Å². The van der Waals surface area contributed by atoms with Gasteiger partial charge >= 0.3 is 5.69 Å². The number of pyridine rings is 1. The lowest BCUT2D eigenvalue weighted by molar-refractivity contribution is 0.707. The van der Waals surface area contributed by atoms with E-state index in [-0.39, 0.29) is 16.1 Å². The minimum absolute atomic E-state index is 0.0803. The average molecular weight is 242 g/mol. The molecule has 2 aromatic rings. The zero-order chi connectivity index (χ0) is 12.0.